The van der Waals surface area contributed by atoms with Crippen molar-refractivity contribution in [3.63, 3.8) is 0 Å². The summed E-state index contributed by atoms with van der Waals surface area (Å²) in [5.41, 5.74) is 3.13. The summed E-state index contributed by atoms with van der Waals surface area (Å²) in [6, 6.07) is 11.7. The molecule has 0 fully saturated rings. The maximum absolute atomic E-state index is 12.5. The number of thiazole rings is 1. The number of allylic oxidation sites excluding steroid dienone is 12. The van der Waals surface area contributed by atoms with E-state index in [-0.39, 0.29) is 23.9 Å². The van der Waals surface area contributed by atoms with Crippen molar-refractivity contribution in [2.45, 2.75) is 91.2 Å². The van der Waals surface area contributed by atoms with E-state index in [2.05, 4.69) is 85.7 Å². The molecule has 3 aromatic rings. The third kappa shape index (κ3) is 16.1. The van der Waals surface area contributed by atoms with Crippen LogP contribution in [0.5, 0.6) is 11.6 Å². The molecule has 0 saturated heterocycles. The summed E-state index contributed by atoms with van der Waals surface area (Å²) < 4.78 is 12.2. The number of hydrogen-bond donors (Lipinski definition) is 1. The molecule has 0 spiro atoms. The summed E-state index contributed by atoms with van der Waals surface area (Å²) in [5.74, 6) is 0.143. The van der Waals surface area contributed by atoms with Crippen LogP contribution in [0.1, 0.15) is 86.9 Å². The van der Waals surface area contributed by atoms with E-state index < -0.39 is 5.97 Å². The summed E-state index contributed by atoms with van der Waals surface area (Å²) in [6.07, 6.45) is 36.1. The van der Waals surface area contributed by atoms with Crippen molar-refractivity contribution in [1.82, 2.24) is 9.55 Å². The Balaban J connectivity index is 1.27. The average molecular weight is 697 g/mol. The summed E-state index contributed by atoms with van der Waals surface area (Å²) in [5, 5.41) is 10.7. The van der Waals surface area contributed by atoms with Gasteiger partial charge in [0, 0.05) is 31.2 Å². The number of aryl methyl sites for hydroxylation is 1. The number of carbonyl (C=O) groups excluding carboxylic acids is 1. The number of pyridine rings is 1. The van der Waals surface area contributed by atoms with Crippen molar-refractivity contribution in [2.75, 3.05) is 6.61 Å². The highest BCUT2D eigenvalue weighted by Crippen LogP contribution is 2.24. The molecule has 7 nitrogen and oxygen atoms in total. The summed E-state index contributed by atoms with van der Waals surface area (Å²) in [4.78, 5) is 29.3. The van der Waals surface area contributed by atoms with Crippen LogP contribution in [0.15, 0.2) is 120 Å². The van der Waals surface area contributed by atoms with Crippen molar-refractivity contribution in [1.29, 1.82) is 0 Å². The van der Waals surface area contributed by atoms with Gasteiger partial charge in [0.15, 0.2) is 6.73 Å². The smallest absolute Gasteiger partial charge is 0.313 e. The normalized spacial score (nSPS) is 12.2. The van der Waals surface area contributed by atoms with Gasteiger partial charge in [0.1, 0.15) is 5.75 Å². The van der Waals surface area contributed by atoms with Crippen LogP contribution in [0.3, 0.4) is 0 Å². The van der Waals surface area contributed by atoms with E-state index in [1.54, 1.807) is 0 Å². The minimum atomic E-state index is -0.423. The molecule has 2 heterocycles. The number of hydrogen-bond acceptors (Lipinski definition) is 7. The molecular weight excluding hydrogens is 645 g/mol. The predicted molar refractivity (Wildman–Crippen MR) is 206 cm³/mol. The minimum absolute atomic E-state index is 0.174. The van der Waals surface area contributed by atoms with Crippen LogP contribution >= 0.6 is 11.3 Å². The van der Waals surface area contributed by atoms with Crippen molar-refractivity contribution in [3.8, 4) is 11.6 Å². The second-order valence-corrected chi connectivity index (χ2v) is 12.6. The Labute approximate surface area is 301 Å². The molecule has 2 aromatic heterocycles. The van der Waals surface area contributed by atoms with E-state index in [4.69, 9.17) is 9.47 Å². The topological polar surface area (TPSA) is 90.7 Å². The van der Waals surface area contributed by atoms with E-state index in [9.17, 15) is 14.7 Å². The standard InChI is InChI=1S/C42H52N2O5S/c1-3-5-6-7-8-9-10-11-12-13-14-15-16-17-18-19-20-21-22-23-40(45)49-34-44-41(46)39(50-42(44)47)32-36-25-28-38(29-26-36)48-31-30-37-27-24-35(4-2)33-43-37/h5-6,8-9,11-12,14-15,17-18,20-21,24-29,33,46H,3-4,7,10,13,16,19,22-23,30-32,34H2,1-2H3. The van der Waals surface area contributed by atoms with Gasteiger partial charge in [0.2, 0.25) is 5.88 Å². The molecular formula is C42H52N2O5S. The first-order chi connectivity index (χ1) is 24.5. The first kappa shape index (κ1) is 39.7. The zero-order valence-corrected chi connectivity index (χ0v) is 30.4. The zero-order chi connectivity index (χ0) is 35.7. The Morgan fingerprint density at radius 1 is 0.800 bits per heavy atom. The predicted octanol–water partition coefficient (Wildman–Crippen LogP) is 9.76. The number of aromatic hydroxyl groups is 1. The molecule has 50 heavy (non-hydrogen) atoms. The summed E-state index contributed by atoms with van der Waals surface area (Å²) >= 11 is 0.947. The van der Waals surface area contributed by atoms with Crippen LogP contribution in [0.2, 0.25) is 0 Å². The monoisotopic (exact) mass is 696 g/mol. The molecule has 0 saturated carbocycles. The van der Waals surface area contributed by atoms with Crippen molar-refractivity contribution in [3.05, 3.63) is 147 Å². The number of esters is 1. The van der Waals surface area contributed by atoms with Gasteiger partial charge in [-0.2, -0.15) is 0 Å². The Morgan fingerprint density at radius 3 is 1.94 bits per heavy atom. The Hall–Kier alpha value is -4.69. The lowest BCUT2D eigenvalue weighted by Gasteiger charge is -2.08. The van der Waals surface area contributed by atoms with Gasteiger partial charge in [0.05, 0.1) is 11.5 Å². The fraction of sp³-hybridized carbons (Fsp3) is 0.357. The molecule has 3 rings (SSSR count). The molecule has 0 atom stereocenters. The number of rotatable bonds is 23. The first-order valence-corrected chi connectivity index (χ1v) is 18.4. The number of aromatic nitrogens is 2. The van der Waals surface area contributed by atoms with E-state index in [1.807, 2.05) is 48.7 Å². The average Bonchev–Trinajstić information content (AvgIpc) is 3.39. The highest BCUT2D eigenvalue weighted by Gasteiger charge is 2.16. The van der Waals surface area contributed by atoms with Gasteiger partial charge < -0.3 is 14.6 Å². The van der Waals surface area contributed by atoms with E-state index in [1.165, 1.54) is 5.56 Å². The fourth-order valence-corrected chi connectivity index (χ4v) is 5.60. The number of nitrogens with zero attached hydrogens (tertiary/aromatic N) is 2. The van der Waals surface area contributed by atoms with Gasteiger partial charge in [0.25, 0.3) is 0 Å². The number of carbonyl (C=O) groups is 1. The zero-order valence-electron chi connectivity index (χ0n) is 29.5. The van der Waals surface area contributed by atoms with E-state index >= 15 is 0 Å². The van der Waals surface area contributed by atoms with Crippen molar-refractivity contribution >= 4 is 17.3 Å². The maximum Gasteiger partial charge on any atom is 0.313 e. The van der Waals surface area contributed by atoms with Crippen molar-refractivity contribution < 1.29 is 19.4 Å². The maximum atomic E-state index is 12.5. The molecule has 1 N–H and O–H groups in total. The number of benzene rings is 1. The molecule has 266 valence electrons. The van der Waals surface area contributed by atoms with Crippen LogP contribution in [-0.4, -0.2) is 27.2 Å². The Bertz CT molecular complexity index is 1640. The summed E-state index contributed by atoms with van der Waals surface area (Å²) in [7, 11) is 0. The van der Waals surface area contributed by atoms with E-state index in [0.717, 1.165) is 77.9 Å². The van der Waals surface area contributed by atoms with Gasteiger partial charge in [-0.3, -0.25) is 14.6 Å². The third-order valence-electron chi connectivity index (χ3n) is 7.61. The Kier molecular flexibility index (Phi) is 19.4. The second-order valence-electron chi connectivity index (χ2n) is 11.6. The first-order valence-electron chi connectivity index (χ1n) is 17.6. The van der Waals surface area contributed by atoms with Crippen LogP contribution < -0.4 is 9.61 Å². The second kappa shape index (κ2) is 24.4. The molecule has 8 heteroatoms. The largest absolute Gasteiger partial charge is 0.494 e. The highest BCUT2D eigenvalue weighted by molar-refractivity contribution is 7.09. The number of ether oxygens (including phenoxy) is 2. The molecule has 0 amide bonds. The molecule has 0 aliphatic rings. The van der Waals surface area contributed by atoms with Crippen LogP contribution in [0.25, 0.3) is 0 Å². The lowest BCUT2D eigenvalue weighted by atomic mass is 10.1. The van der Waals surface area contributed by atoms with Crippen molar-refractivity contribution in [2.24, 2.45) is 0 Å². The minimum Gasteiger partial charge on any atom is -0.494 e. The highest BCUT2D eigenvalue weighted by atomic mass is 32.1. The van der Waals surface area contributed by atoms with Gasteiger partial charge >= 0.3 is 10.8 Å². The lowest BCUT2D eigenvalue weighted by molar-refractivity contribution is -0.147. The van der Waals surface area contributed by atoms with Crippen LogP contribution in [0, 0.1) is 0 Å². The SMILES string of the molecule is CCC=CCC=CCC=CCC=CCC=CCC=CCCC(=O)OCn1c(O)c(Cc2ccc(OCCc3ccc(CC)cn3)cc2)sc1=O. The van der Waals surface area contributed by atoms with Gasteiger partial charge in [-0.1, -0.05) is 116 Å². The quantitative estimate of drug-likeness (QED) is 0.0784. The van der Waals surface area contributed by atoms with E-state index in [0.29, 0.717) is 30.7 Å². The molecule has 0 bridgehead atoms. The van der Waals surface area contributed by atoms with Crippen LogP contribution in [0.4, 0.5) is 0 Å². The molecule has 0 aliphatic heterocycles. The molecule has 0 radical (unpaired) electrons. The van der Waals surface area contributed by atoms with Gasteiger partial charge in [-0.05, 0) is 80.7 Å². The summed E-state index contributed by atoms with van der Waals surface area (Å²) in [6.45, 7) is 4.45. The van der Waals surface area contributed by atoms with Crippen LogP contribution in [-0.2, 0) is 35.5 Å². The third-order valence-corrected chi connectivity index (χ3v) is 8.58. The Morgan fingerprint density at radius 2 is 1.38 bits per heavy atom. The molecule has 0 unspecified atom stereocenters. The van der Waals surface area contributed by atoms with Gasteiger partial charge in [-0.15, -0.1) is 0 Å². The fourth-order valence-electron chi connectivity index (χ4n) is 4.70. The lowest BCUT2D eigenvalue weighted by Crippen LogP contribution is -2.17. The molecule has 1 aromatic carbocycles. The van der Waals surface area contributed by atoms with Gasteiger partial charge in [-0.25, -0.2) is 4.57 Å². The molecule has 0 aliphatic carbocycles.